The lowest BCUT2D eigenvalue weighted by molar-refractivity contribution is 0.0981. The summed E-state index contributed by atoms with van der Waals surface area (Å²) in [5.41, 5.74) is 3.18. The quantitative estimate of drug-likeness (QED) is 0.518. The summed E-state index contributed by atoms with van der Waals surface area (Å²) in [4.78, 5) is 23.7. The normalized spacial score (nSPS) is 15.2. The van der Waals surface area contributed by atoms with Crippen molar-refractivity contribution in [2.24, 2.45) is 0 Å². The minimum atomic E-state index is -0.903. The van der Waals surface area contributed by atoms with Crippen molar-refractivity contribution in [3.05, 3.63) is 57.5 Å². The molecule has 0 saturated heterocycles. The maximum Gasteiger partial charge on any atom is 0.196 e. The lowest BCUT2D eigenvalue weighted by atomic mass is 10.00. The minimum Gasteiger partial charge on any atom is -0.291 e. The molecule has 1 aromatic carbocycles. The highest BCUT2D eigenvalue weighted by molar-refractivity contribution is 7.14. The summed E-state index contributed by atoms with van der Waals surface area (Å²) in [7, 11) is 0. The van der Waals surface area contributed by atoms with Crippen LogP contribution >= 0.6 is 11.3 Å². The molecule has 0 saturated carbocycles. The summed E-state index contributed by atoms with van der Waals surface area (Å²) in [6.45, 7) is 0. The number of ketones is 1. The van der Waals surface area contributed by atoms with Crippen LogP contribution in [-0.2, 0) is 12.8 Å². The topological polar surface area (TPSA) is 66.6 Å². The third kappa shape index (κ3) is 3.06. The SMILES string of the molecule is N#CC(C(=O)c1cc2c(s1)CCCCC2)c1cnc2ccccc2n1. The third-order valence-electron chi connectivity index (χ3n) is 4.64. The Morgan fingerprint density at radius 2 is 1.96 bits per heavy atom. The molecule has 0 spiro atoms. The molecule has 0 amide bonds. The molecule has 124 valence electrons. The van der Waals surface area contributed by atoms with Gasteiger partial charge in [-0.15, -0.1) is 11.3 Å². The van der Waals surface area contributed by atoms with E-state index in [1.54, 1.807) is 17.5 Å². The Hall–Kier alpha value is -2.58. The van der Waals surface area contributed by atoms with Gasteiger partial charge in [-0.25, -0.2) is 4.98 Å². The third-order valence-corrected chi connectivity index (χ3v) is 5.90. The Morgan fingerprint density at radius 3 is 2.80 bits per heavy atom. The Kier molecular flexibility index (Phi) is 4.29. The molecule has 0 bridgehead atoms. The van der Waals surface area contributed by atoms with E-state index in [0.717, 1.165) is 18.4 Å². The number of carbonyl (C=O) groups excluding carboxylic acids is 1. The second-order valence-electron chi connectivity index (χ2n) is 6.33. The molecule has 1 aliphatic carbocycles. The summed E-state index contributed by atoms with van der Waals surface area (Å²) in [5, 5.41) is 9.60. The van der Waals surface area contributed by atoms with Crippen molar-refractivity contribution in [3.63, 3.8) is 0 Å². The number of fused-ring (bicyclic) bond motifs is 2. The summed E-state index contributed by atoms with van der Waals surface area (Å²) < 4.78 is 0. The fourth-order valence-corrected chi connectivity index (χ4v) is 4.52. The van der Waals surface area contributed by atoms with Crippen molar-refractivity contribution in [2.45, 2.75) is 38.0 Å². The second kappa shape index (κ2) is 6.73. The van der Waals surface area contributed by atoms with Crippen LogP contribution in [0.2, 0.25) is 0 Å². The van der Waals surface area contributed by atoms with Gasteiger partial charge in [0, 0.05) is 4.88 Å². The van der Waals surface area contributed by atoms with Crippen molar-refractivity contribution < 1.29 is 4.79 Å². The molecule has 1 atom stereocenters. The van der Waals surface area contributed by atoms with Gasteiger partial charge < -0.3 is 0 Å². The summed E-state index contributed by atoms with van der Waals surface area (Å²) in [6, 6.07) is 11.6. The number of aryl methyl sites for hydroxylation is 2. The fraction of sp³-hybridized carbons (Fsp3) is 0.300. The molecule has 0 radical (unpaired) electrons. The molecule has 4 nitrogen and oxygen atoms in total. The standard InChI is InChI=1S/C20H17N3OS/c21-11-14(17-12-22-15-7-4-5-8-16(15)23-17)20(24)19-10-13-6-2-1-3-9-18(13)25-19/h4-5,7-8,10,12,14H,1-3,6,9H2. The van der Waals surface area contributed by atoms with Crippen LogP contribution in [-0.4, -0.2) is 15.8 Å². The maximum absolute atomic E-state index is 12.9. The van der Waals surface area contributed by atoms with Gasteiger partial charge in [-0.2, -0.15) is 5.26 Å². The molecular formula is C20H17N3OS. The molecule has 3 aromatic rings. The van der Waals surface area contributed by atoms with Gasteiger partial charge in [-0.3, -0.25) is 9.78 Å². The maximum atomic E-state index is 12.9. The van der Waals surface area contributed by atoms with Crippen LogP contribution in [0.4, 0.5) is 0 Å². The molecule has 5 heteroatoms. The molecule has 25 heavy (non-hydrogen) atoms. The number of thiophene rings is 1. The number of benzene rings is 1. The lowest BCUT2D eigenvalue weighted by Gasteiger charge is -2.07. The van der Waals surface area contributed by atoms with Gasteiger partial charge in [0.1, 0.15) is 0 Å². The van der Waals surface area contributed by atoms with Crippen LogP contribution in [0, 0.1) is 11.3 Å². The van der Waals surface area contributed by atoms with E-state index in [2.05, 4.69) is 16.0 Å². The lowest BCUT2D eigenvalue weighted by Crippen LogP contribution is -2.12. The Balaban J connectivity index is 1.68. The smallest absolute Gasteiger partial charge is 0.196 e. The largest absolute Gasteiger partial charge is 0.291 e. The van der Waals surface area contributed by atoms with E-state index in [4.69, 9.17) is 0 Å². The van der Waals surface area contributed by atoms with Crippen molar-refractivity contribution in [1.82, 2.24) is 9.97 Å². The summed E-state index contributed by atoms with van der Waals surface area (Å²) in [6.07, 6.45) is 7.23. The Labute approximate surface area is 150 Å². The fourth-order valence-electron chi connectivity index (χ4n) is 3.30. The Bertz CT molecular complexity index is 963. The molecule has 2 heterocycles. The monoisotopic (exact) mass is 347 g/mol. The first-order valence-electron chi connectivity index (χ1n) is 8.53. The van der Waals surface area contributed by atoms with Crippen LogP contribution in [0.15, 0.2) is 36.5 Å². The molecule has 1 aliphatic rings. The van der Waals surface area contributed by atoms with Gasteiger partial charge in [-0.05, 0) is 49.4 Å². The van der Waals surface area contributed by atoms with Gasteiger partial charge in [0.15, 0.2) is 11.7 Å². The van der Waals surface area contributed by atoms with Gasteiger partial charge in [0.25, 0.3) is 0 Å². The van der Waals surface area contributed by atoms with Gasteiger partial charge >= 0.3 is 0 Å². The van der Waals surface area contributed by atoms with E-state index in [1.807, 2.05) is 30.3 Å². The van der Waals surface area contributed by atoms with E-state index in [0.29, 0.717) is 16.1 Å². The Morgan fingerprint density at radius 1 is 1.16 bits per heavy atom. The summed E-state index contributed by atoms with van der Waals surface area (Å²) in [5.74, 6) is -1.07. The van der Waals surface area contributed by atoms with Crippen LogP contribution < -0.4 is 0 Å². The first-order valence-corrected chi connectivity index (χ1v) is 9.35. The van der Waals surface area contributed by atoms with Gasteiger partial charge in [-0.1, -0.05) is 18.6 Å². The van der Waals surface area contributed by atoms with Gasteiger partial charge in [0.05, 0.1) is 33.9 Å². The first kappa shape index (κ1) is 15.9. The zero-order chi connectivity index (χ0) is 17.2. The average molecular weight is 347 g/mol. The number of rotatable bonds is 3. The highest BCUT2D eigenvalue weighted by atomic mass is 32.1. The van der Waals surface area contributed by atoms with Crippen LogP contribution in [0.25, 0.3) is 11.0 Å². The molecule has 2 aromatic heterocycles. The zero-order valence-corrected chi connectivity index (χ0v) is 14.6. The molecule has 1 unspecified atom stereocenters. The van der Waals surface area contributed by atoms with E-state index in [9.17, 15) is 10.1 Å². The molecule has 0 fully saturated rings. The number of nitrogens with zero attached hydrogens (tertiary/aromatic N) is 3. The van der Waals surface area contributed by atoms with Crippen molar-refractivity contribution >= 4 is 28.2 Å². The van der Waals surface area contributed by atoms with Crippen LogP contribution in [0.1, 0.15) is 51.0 Å². The van der Waals surface area contributed by atoms with Crippen LogP contribution in [0.5, 0.6) is 0 Å². The average Bonchev–Trinajstić information content (AvgIpc) is 2.93. The number of hydrogen-bond donors (Lipinski definition) is 0. The first-order chi connectivity index (χ1) is 12.3. The number of aromatic nitrogens is 2. The molecule has 4 rings (SSSR count). The number of nitriles is 1. The van der Waals surface area contributed by atoms with Crippen molar-refractivity contribution in [2.75, 3.05) is 0 Å². The number of carbonyl (C=O) groups is 1. The molecular weight excluding hydrogens is 330 g/mol. The highest BCUT2D eigenvalue weighted by Crippen LogP contribution is 2.32. The van der Waals surface area contributed by atoms with E-state index in [1.165, 1.54) is 29.7 Å². The van der Waals surface area contributed by atoms with E-state index >= 15 is 0 Å². The van der Waals surface area contributed by atoms with Crippen molar-refractivity contribution in [1.29, 1.82) is 5.26 Å². The van der Waals surface area contributed by atoms with E-state index < -0.39 is 5.92 Å². The minimum absolute atomic E-state index is 0.162. The molecule has 0 N–H and O–H groups in total. The second-order valence-corrected chi connectivity index (χ2v) is 7.47. The zero-order valence-electron chi connectivity index (χ0n) is 13.7. The number of para-hydroxylation sites is 2. The molecule has 0 aliphatic heterocycles. The van der Waals surface area contributed by atoms with E-state index in [-0.39, 0.29) is 5.78 Å². The highest BCUT2D eigenvalue weighted by Gasteiger charge is 2.26. The predicted molar refractivity (Wildman–Crippen MR) is 97.8 cm³/mol. The van der Waals surface area contributed by atoms with Crippen LogP contribution in [0.3, 0.4) is 0 Å². The van der Waals surface area contributed by atoms with Gasteiger partial charge in [0.2, 0.25) is 0 Å². The van der Waals surface area contributed by atoms with Crippen molar-refractivity contribution in [3.8, 4) is 6.07 Å². The summed E-state index contributed by atoms with van der Waals surface area (Å²) >= 11 is 1.55. The number of hydrogen-bond acceptors (Lipinski definition) is 5. The number of Topliss-reactive ketones (excluding diaryl/α,β-unsaturated/α-hetero) is 1. The predicted octanol–water partition coefficient (Wildman–Crippen LogP) is 4.45.